The van der Waals surface area contributed by atoms with E-state index in [1.807, 2.05) is 42.5 Å². The van der Waals surface area contributed by atoms with Crippen LogP contribution in [-0.4, -0.2) is 20.6 Å². The van der Waals surface area contributed by atoms with Gasteiger partial charge in [-0.25, -0.2) is 8.42 Å². The van der Waals surface area contributed by atoms with Crippen molar-refractivity contribution < 1.29 is 13.2 Å². The highest BCUT2D eigenvalue weighted by atomic mass is 35.5. The zero-order valence-corrected chi connectivity index (χ0v) is 15.1. The summed E-state index contributed by atoms with van der Waals surface area (Å²) in [5, 5.41) is 5.06. The number of fused-ring (bicyclic) bond motifs is 1. The third-order valence-corrected chi connectivity index (χ3v) is 5.31. The predicted molar refractivity (Wildman–Crippen MR) is 101 cm³/mol. The van der Waals surface area contributed by atoms with Gasteiger partial charge in [0.2, 0.25) is 5.91 Å². The zero-order chi connectivity index (χ0) is 18.0. The maximum Gasteiger partial charge on any atom is 0.228 e. The van der Waals surface area contributed by atoms with E-state index >= 15 is 0 Å². The van der Waals surface area contributed by atoms with Gasteiger partial charge in [-0.2, -0.15) is 0 Å². The number of rotatable bonds is 4. The lowest BCUT2D eigenvalue weighted by molar-refractivity contribution is -0.115. The van der Waals surface area contributed by atoms with Crippen molar-refractivity contribution >= 4 is 43.8 Å². The van der Waals surface area contributed by atoms with E-state index in [0.717, 1.165) is 22.6 Å². The van der Waals surface area contributed by atoms with E-state index in [0.29, 0.717) is 5.02 Å². The number of nitrogens with one attached hydrogen (secondary N) is 1. The molecule has 0 unspecified atom stereocenters. The van der Waals surface area contributed by atoms with Crippen molar-refractivity contribution in [2.75, 3.05) is 11.6 Å². The van der Waals surface area contributed by atoms with E-state index in [9.17, 15) is 13.2 Å². The highest BCUT2D eigenvalue weighted by Crippen LogP contribution is 2.26. The molecule has 0 atom stereocenters. The lowest BCUT2D eigenvalue weighted by Crippen LogP contribution is -2.15. The van der Waals surface area contributed by atoms with Crippen molar-refractivity contribution in [3.05, 3.63) is 71.2 Å². The first-order valence-corrected chi connectivity index (χ1v) is 9.87. The lowest BCUT2D eigenvalue weighted by atomic mass is 10.0. The van der Waals surface area contributed by atoms with Crippen LogP contribution < -0.4 is 5.32 Å². The van der Waals surface area contributed by atoms with E-state index < -0.39 is 9.84 Å². The van der Waals surface area contributed by atoms with Crippen LogP contribution >= 0.6 is 11.6 Å². The van der Waals surface area contributed by atoms with Crippen LogP contribution in [0.25, 0.3) is 10.8 Å². The van der Waals surface area contributed by atoms with Gasteiger partial charge in [-0.05, 0) is 34.5 Å². The third-order valence-electron chi connectivity index (χ3n) is 3.87. The van der Waals surface area contributed by atoms with E-state index in [-0.39, 0.29) is 22.9 Å². The second-order valence-corrected chi connectivity index (χ2v) is 8.20. The molecule has 3 rings (SSSR count). The number of carbonyl (C=O) groups is 1. The average molecular weight is 374 g/mol. The van der Waals surface area contributed by atoms with Crippen LogP contribution in [0.3, 0.4) is 0 Å². The van der Waals surface area contributed by atoms with Crippen molar-refractivity contribution in [3.63, 3.8) is 0 Å². The Hall–Kier alpha value is -2.37. The number of halogens is 1. The smallest absolute Gasteiger partial charge is 0.228 e. The normalized spacial score (nSPS) is 11.4. The molecular formula is C19H16ClNO3S. The topological polar surface area (TPSA) is 63.2 Å². The predicted octanol–water partition coefficient (Wildman–Crippen LogP) is 4.08. The maximum atomic E-state index is 12.4. The second-order valence-electron chi connectivity index (χ2n) is 5.78. The summed E-state index contributed by atoms with van der Waals surface area (Å²) < 4.78 is 23.3. The number of hydrogen-bond donors (Lipinski definition) is 1. The van der Waals surface area contributed by atoms with Gasteiger partial charge < -0.3 is 5.32 Å². The average Bonchev–Trinajstić information content (AvgIpc) is 2.56. The maximum absolute atomic E-state index is 12.4. The van der Waals surface area contributed by atoms with Gasteiger partial charge >= 0.3 is 0 Å². The van der Waals surface area contributed by atoms with Gasteiger partial charge in [-0.15, -0.1) is 0 Å². The number of amides is 1. The van der Waals surface area contributed by atoms with E-state index in [4.69, 9.17) is 11.6 Å². The van der Waals surface area contributed by atoms with Crippen LogP contribution in [0.15, 0.2) is 65.6 Å². The molecule has 0 saturated heterocycles. The van der Waals surface area contributed by atoms with Crippen molar-refractivity contribution in [1.82, 2.24) is 0 Å². The zero-order valence-electron chi connectivity index (χ0n) is 13.5. The van der Waals surface area contributed by atoms with Crippen molar-refractivity contribution in [2.24, 2.45) is 0 Å². The molecule has 1 N–H and O–H groups in total. The number of sulfone groups is 1. The molecule has 3 aromatic rings. The standard InChI is InChI=1S/C19H16ClNO3S/c1-25(23,24)15-9-10-17(20)18(12-15)21-19(22)11-14-7-4-6-13-5-2-3-8-16(13)14/h2-10,12H,11H2,1H3,(H,21,22). The molecule has 128 valence electrons. The fourth-order valence-corrected chi connectivity index (χ4v) is 3.46. The summed E-state index contributed by atoms with van der Waals surface area (Å²) in [5.41, 5.74) is 1.18. The highest BCUT2D eigenvalue weighted by Gasteiger charge is 2.13. The van der Waals surface area contributed by atoms with Crippen LogP contribution in [0, 0.1) is 0 Å². The van der Waals surface area contributed by atoms with Gasteiger partial charge in [0.1, 0.15) is 0 Å². The molecule has 0 aliphatic rings. The summed E-state index contributed by atoms with van der Waals surface area (Å²) in [4.78, 5) is 12.5. The minimum Gasteiger partial charge on any atom is -0.324 e. The third kappa shape index (κ3) is 4.00. The largest absolute Gasteiger partial charge is 0.324 e. The second kappa shape index (κ2) is 6.86. The van der Waals surface area contributed by atoms with Gasteiger partial charge in [0, 0.05) is 6.26 Å². The van der Waals surface area contributed by atoms with Crippen LogP contribution in [0.1, 0.15) is 5.56 Å². The van der Waals surface area contributed by atoms with Crippen LogP contribution in [0.5, 0.6) is 0 Å². The molecule has 0 saturated carbocycles. The van der Waals surface area contributed by atoms with E-state index in [1.165, 1.54) is 18.2 Å². The molecule has 6 heteroatoms. The molecule has 0 fully saturated rings. The van der Waals surface area contributed by atoms with Crippen LogP contribution in [0.4, 0.5) is 5.69 Å². The SMILES string of the molecule is CS(=O)(=O)c1ccc(Cl)c(NC(=O)Cc2cccc3ccccc23)c1. The monoisotopic (exact) mass is 373 g/mol. The Morgan fingerprint density at radius 3 is 2.52 bits per heavy atom. The Balaban J connectivity index is 1.86. The molecule has 0 radical (unpaired) electrons. The first-order valence-electron chi connectivity index (χ1n) is 7.61. The number of anilines is 1. The summed E-state index contributed by atoms with van der Waals surface area (Å²) >= 11 is 6.08. The summed E-state index contributed by atoms with van der Waals surface area (Å²) in [6, 6.07) is 17.9. The minimum atomic E-state index is -3.38. The molecule has 0 spiro atoms. The summed E-state index contributed by atoms with van der Waals surface area (Å²) in [6.45, 7) is 0. The molecule has 0 aliphatic carbocycles. The molecule has 0 bridgehead atoms. The molecule has 4 nitrogen and oxygen atoms in total. The number of carbonyl (C=O) groups excluding carboxylic acids is 1. The van der Waals surface area contributed by atoms with Crippen molar-refractivity contribution in [1.29, 1.82) is 0 Å². The number of benzene rings is 3. The Labute approximate surface area is 151 Å². The quantitative estimate of drug-likeness (QED) is 0.749. The lowest BCUT2D eigenvalue weighted by Gasteiger charge is -2.10. The molecule has 0 aromatic heterocycles. The Morgan fingerprint density at radius 2 is 1.76 bits per heavy atom. The van der Waals surface area contributed by atoms with Crippen molar-refractivity contribution in [2.45, 2.75) is 11.3 Å². The molecule has 3 aromatic carbocycles. The van der Waals surface area contributed by atoms with Gasteiger partial charge in [0.25, 0.3) is 0 Å². The minimum absolute atomic E-state index is 0.109. The van der Waals surface area contributed by atoms with Gasteiger partial charge in [0.15, 0.2) is 9.84 Å². The summed E-state index contributed by atoms with van der Waals surface area (Å²) in [6.07, 6.45) is 1.28. The molecular weight excluding hydrogens is 358 g/mol. The first-order chi connectivity index (χ1) is 11.8. The van der Waals surface area contributed by atoms with E-state index in [2.05, 4.69) is 5.32 Å². The molecule has 25 heavy (non-hydrogen) atoms. The van der Waals surface area contributed by atoms with Crippen LogP contribution in [0.2, 0.25) is 5.02 Å². The van der Waals surface area contributed by atoms with Crippen molar-refractivity contribution in [3.8, 4) is 0 Å². The summed E-state index contributed by atoms with van der Waals surface area (Å²) in [5.74, 6) is -0.260. The first kappa shape index (κ1) is 17.5. The Kier molecular flexibility index (Phi) is 4.79. The van der Waals surface area contributed by atoms with Gasteiger partial charge in [-0.3, -0.25) is 4.79 Å². The fourth-order valence-electron chi connectivity index (χ4n) is 2.64. The highest BCUT2D eigenvalue weighted by molar-refractivity contribution is 7.90. The van der Waals surface area contributed by atoms with Crippen LogP contribution in [-0.2, 0) is 21.1 Å². The molecule has 0 heterocycles. The fraction of sp³-hybridized carbons (Fsp3) is 0.105. The summed E-state index contributed by atoms with van der Waals surface area (Å²) in [7, 11) is -3.38. The van der Waals surface area contributed by atoms with Gasteiger partial charge in [0.05, 0.1) is 22.0 Å². The number of hydrogen-bond acceptors (Lipinski definition) is 3. The van der Waals surface area contributed by atoms with E-state index in [1.54, 1.807) is 0 Å². The molecule has 0 aliphatic heterocycles. The van der Waals surface area contributed by atoms with Gasteiger partial charge in [-0.1, -0.05) is 54.1 Å². The Morgan fingerprint density at radius 1 is 1.04 bits per heavy atom. The Bertz CT molecular complexity index is 1060. The molecule has 1 amide bonds.